The monoisotopic (exact) mass is 329 g/mol. The molecule has 0 fully saturated rings. The topological polar surface area (TPSA) is 12.0 Å². The SMILES string of the molecule is CCNC(c1cccc(Br)c1)c1ccc(Cl)s1. The van der Waals surface area contributed by atoms with E-state index < -0.39 is 0 Å². The van der Waals surface area contributed by atoms with Crippen LogP contribution in [0.25, 0.3) is 0 Å². The summed E-state index contributed by atoms with van der Waals surface area (Å²) in [5.74, 6) is 0. The molecule has 1 atom stereocenters. The molecule has 1 heterocycles. The molecule has 1 aromatic carbocycles. The van der Waals surface area contributed by atoms with Crippen molar-refractivity contribution in [1.82, 2.24) is 5.32 Å². The third kappa shape index (κ3) is 3.32. The summed E-state index contributed by atoms with van der Waals surface area (Å²) < 4.78 is 1.93. The van der Waals surface area contributed by atoms with Gasteiger partial charge in [-0.1, -0.05) is 46.6 Å². The number of hydrogen-bond acceptors (Lipinski definition) is 2. The van der Waals surface area contributed by atoms with E-state index in [1.165, 1.54) is 10.4 Å². The zero-order valence-corrected chi connectivity index (χ0v) is 12.6. The van der Waals surface area contributed by atoms with Gasteiger partial charge in [0.1, 0.15) is 0 Å². The fourth-order valence-corrected chi connectivity index (χ4v) is 3.34. The van der Waals surface area contributed by atoms with Crippen LogP contribution in [0.2, 0.25) is 4.34 Å². The predicted octanol–water partition coefficient (Wildman–Crippen LogP) is 4.86. The third-order valence-electron chi connectivity index (χ3n) is 2.47. The van der Waals surface area contributed by atoms with Gasteiger partial charge in [-0.15, -0.1) is 11.3 Å². The summed E-state index contributed by atoms with van der Waals surface area (Å²) in [6.07, 6.45) is 0. The molecule has 0 saturated heterocycles. The molecule has 0 amide bonds. The first kappa shape index (κ1) is 13.1. The number of halogens is 2. The largest absolute Gasteiger partial charge is 0.306 e. The van der Waals surface area contributed by atoms with Crippen LogP contribution in [0.4, 0.5) is 0 Å². The molecule has 0 aliphatic heterocycles. The van der Waals surface area contributed by atoms with Crippen LogP contribution in [0.1, 0.15) is 23.4 Å². The van der Waals surface area contributed by atoms with E-state index >= 15 is 0 Å². The van der Waals surface area contributed by atoms with Gasteiger partial charge in [-0.05, 0) is 36.4 Å². The zero-order valence-electron chi connectivity index (χ0n) is 9.41. The molecule has 0 aliphatic carbocycles. The Hall–Kier alpha value is -0.350. The van der Waals surface area contributed by atoms with Crippen LogP contribution in [-0.2, 0) is 0 Å². The molecule has 0 bridgehead atoms. The van der Waals surface area contributed by atoms with Crippen molar-refractivity contribution < 1.29 is 0 Å². The van der Waals surface area contributed by atoms with Gasteiger partial charge in [0.25, 0.3) is 0 Å². The second kappa shape index (κ2) is 6.01. The molecule has 4 heteroatoms. The molecule has 17 heavy (non-hydrogen) atoms. The van der Waals surface area contributed by atoms with Crippen molar-refractivity contribution >= 4 is 38.9 Å². The summed E-state index contributed by atoms with van der Waals surface area (Å²) in [5, 5.41) is 3.49. The lowest BCUT2D eigenvalue weighted by molar-refractivity contribution is 0.639. The maximum absolute atomic E-state index is 6.00. The minimum atomic E-state index is 0.218. The summed E-state index contributed by atoms with van der Waals surface area (Å²) in [6.45, 7) is 3.03. The highest BCUT2D eigenvalue weighted by molar-refractivity contribution is 9.10. The number of rotatable bonds is 4. The van der Waals surface area contributed by atoms with E-state index in [0.717, 1.165) is 15.4 Å². The van der Waals surface area contributed by atoms with E-state index in [4.69, 9.17) is 11.6 Å². The maximum atomic E-state index is 6.00. The number of hydrogen-bond donors (Lipinski definition) is 1. The fourth-order valence-electron chi connectivity index (χ4n) is 1.76. The molecule has 2 rings (SSSR count). The van der Waals surface area contributed by atoms with E-state index in [0.29, 0.717) is 0 Å². The normalized spacial score (nSPS) is 12.6. The Balaban J connectivity index is 2.35. The Morgan fingerprint density at radius 1 is 1.35 bits per heavy atom. The van der Waals surface area contributed by atoms with Gasteiger partial charge < -0.3 is 5.32 Å². The van der Waals surface area contributed by atoms with E-state index in [1.54, 1.807) is 11.3 Å². The molecule has 0 radical (unpaired) electrons. The Bertz CT molecular complexity index is 498. The van der Waals surface area contributed by atoms with E-state index in [1.807, 2.05) is 12.1 Å². The second-order valence-corrected chi connectivity index (χ2v) is 6.35. The van der Waals surface area contributed by atoms with Crippen LogP contribution < -0.4 is 5.32 Å². The van der Waals surface area contributed by atoms with Gasteiger partial charge in [-0.3, -0.25) is 0 Å². The summed E-state index contributed by atoms with van der Waals surface area (Å²) in [6, 6.07) is 12.6. The molecule has 1 nitrogen and oxygen atoms in total. The number of benzene rings is 1. The second-order valence-electron chi connectivity index (χ2n) is 3.69. The van der Waals surface area contributed by atoms with Gasteiger partial charge in [0.2, 0.25) is 0 Å². The van der Waals surface area contributed by atoms with Crippen molar-refractivity contribution in [2.45, 2.75) is 13.0 Å². The summed E-state index contributed by atoms with van der Waals surface area (Å²) >= 11 is 11.1. The lowest BCUT2D eigenvalue weighted by Gasteiger charge is -2.17. The molecule has 0 spiro atoms. The van der Waals surface area contributed by atoms with Crippen molar-refractivity contribution in [1.29, 1.82) is 0 Å². The smallest absolute Gasteiger partial charge is 0.0931 e. The highest BCUT2D eigenvalue weighted by Crippen LogP contribution is 2.31. The highest BCUT2D eigenvalue weighted by Gasteiger charge is 2.15. The van der Waals surface area contributed by atoms with Gasteiger partial charge in [0.15, 0.2) is 0 Å². The maximum Gasteiger partial charge on any atom is 0.0931 e. The molecule has 1 N–H and O–H groups in total. The third-order valence-corrected chi connectivity index (χ3v) is 4.26. The molecular weight excluding hydrogens is 318 g/mol. The van der Waals surface area contributed by atoms with Crippen LogP contribution in [0.15, 0.2) is 40.9 Å². The van der Waals surface area contributed by atoms with Crippen LogP contribution in [0, 0.1) is 0 Å². The molecule has 0 aliphatic rings. The molecular formula is C13H13BrClNS. The number of nitrogens with one attached hydrogen (secondary N) is 1. The van der Waals surface area contributed by atoms with Crippen LogP contribution >= 0.6 is 38.9 Å². The Morgan fingerprint density at radius 2 is 2.18 bits per heavy atom. The Morgan fingerprint density at radius 3 is 2.76 bits per heavy atom. The van der Waals surface area contributed by atoms with Gasteiger partial charge in [0.05, 0.1) is 10.4 Å². The van der Waals surface area contributed by atoms with Crippen LogP contribution in [0.3, 0.4) is 0 Å². The van der Waals surface area contributed by atoms with Crippen molar-refractivity contribution in [3.63, 3.8) is 0 Å². The lowest BCUT2D eigenvalue weighted by atomic mass is 10.1. The number of thiophene rings is 1. The van der Waals surface area contributed by atoms with Gasteiger partial charge >= 0.3 is 0 Å². The van der Waals surface area contributed by atoms with Gasteiger partial charge in [0, 0.05) is 9.35 Å². The Kier molecular flexibility index (Phi) is 4.62. The molecule has 90 valence electrons. The van der Waals surface area contributed by atoms with Gasteiger partial charge in [-0.2, -0.15) is 0 Å². The lowest BCUT2D eigenvalue weighted by Crippen LogP contribution is -2.20. The quantitative estimate of drug-likeness (QED) is 0.844. The Labute approximate surface area is 119 Å². The van der Waals surface area contributed by atoms with Crippen molar-refractivity contribution in [3.05, 3.63) is 55.6 Å². The average molecular weight is 331 g/mol. The van der Waals surface area contributed by atoms with Gasteiger partial charge in [-0.25, -0.2) is 0 Å². The average Bonchev–Trinajstić information content (AvgIpc) is 2.72. The minimum absolute atomic E-state index is 0.218. The molecule has 1 aromatic heterocycles. The first-order valence-electron chi connectivity index (χ1n) is 5.44. The zero-order chi connectivity index (χ0) is 12.3. The van der Waals surface area contributed by atoms with E-state index in [9.17, 15) is 0 Å². The molecule has 0 saturated carbocycles. The van der Waals surface area contributed by atoms with Crippen molar-refractivity contribution in [3.8, 4) is 0 Å². The van der Waals surface area contributed by atoms with Crippen LogP contribution in [-0.4, -0.2) is 6.54 Å². The highest BCUT2D eigenvalue weighted by atomic mass is 79.9. The molecule has 2 aromatic rings. The molecule has 1 unspecified atom stereocenters. The summed E-state index contributed by atoms with van der Waals surface area (Å²) in [4.78, 5) is 1.25. The summed E-state index contributed by atoms with van der Waals surface area (Å²) in [7, 11) is 0. The van der Waals surface area contributed by atoms with Crippen molar-refractivity contribution in [2.75, 3.05) is 6.54 Å². The minimum Gasteiger partial charge on any atom is -0.306 e. The summed E-state index contributed by atoms with van der Waals surface area (Å²) in [5.41, 5.74) is 1.25. The van der Waals surface area contributed by atoms with E-state index in [2.05, 4.69) is 52.4 Å². The predicted molar refractivity (Wildman–Crippen MR) is 79.0 cm³/mol. The standard InChI is InChI=1S/C13H13BrClNS/c1-2-16-13(11-6-7-12(15)17-11)9-4-3-5-10(14)8-9/h3-8,13,16H,2H2,1H3. The van der Waals surface area contributed by atoms with E-state index in [-0.39, 0.29) is 6.04 Å². The first-order valence-corrected chi connectivity index (χ1v) is 7.43. The fraction of sp³-hybridized carbons (Fsp3) is 0.231. The van der Waals surface area contributed by atoms with Crippen LogP contribution in [0.5, 0.6) is 0 Å². The van der Waals surface area contributed by atoms with Crippen molar-refractivity contribution in [2.24, 2.45) is 0 Å². The first-order chi connectivity index (χ1) is 8.20.